The van der Waals surface area contributed by atoms with Gasteiger partial charge in [-0.15, -0.1) is 0 Å². The van der Waals surface area contributed by atoms with Gasteiger partial charge in [-0.2, -0.15) is 15.8 Å². The van der Waals surface area contributed by atoms with E-state index in [1.165, 1.54) is 0 Å². The maximum Gasteiger partial charge on any atom is 0.241 e. The van der Waals surface area contributed by atoms with Gasteiger partial charge in [0.1, 0.15) is 9.71 Å². The first kappa shape index (κ1) is 18.6. The minimum Gasteiger partial charge on any atom is -0.368 e. The van der Waals surface area contributed by atoms with Crippen LogP contribution in [0, 0.1) is 50.7 Å². The Morgan fingerprint density at radius 1 is 1.15 bits per heavy atom. The highest BCUT2D eigenvalue weighted by Gasteiger charge is 2.74. The van der Waals surface area contributed by atoms with E-state index in [4.69, 9.17) is 10.5 Å². The van der Waals surface area contributed by atoms with Gasteiger partial charge in [-0.25, -0.2) is 0 Å². The van der Waals surface area contributed by atoms with E-state index in [-0.39, 0.29) is 0 Å². The standard InChI is InChI=1S/C19H17IN4O2/c20-19-9-5-4-8-14(19)18(12-23,16(24)25)17(10-21,11-22)15(26-19)13-6-2-1-3-7-13/h1-3,6-7,14-15H,4-5,8-9H2,(H2,24,25). The maximum atomic E-state index is 12.7. The van der Waals surface area contributed by atoms with Gasteiger partial charge in [0.05, 0.1) is 18.2 Å². The van der Waals surface area contributed by atoms with Crippen molar-refractivity contribution < 1.29 is 9.53 Å². The smallest absolute Gasteiger partial charge is 0.241 e. The lowest BCUT2D eigenvalue weighted by molar-refractivity contribution is -0.204. The highest BCUT2D eigenvalue weighted by molar-refractivity contribution is 14.1. The topological polar surface area (TPSA) is 124 Å². The molecular weight excluding hydrogens is 443 g/mol. The Morgan fingerprint density at radius 3 is 2.35 bits per heavy atom. The van der Waals surface area contributed by atoms with E-state index in [1.54, 1.807) is 24.3 Å². The lowest BCUT2D eigenvalue weighted by Gasteiger charge is -2.57. The normalized spacial score (nSPS) is 35.2. The summed E-state index contributed by atoms with van der Waals surface area (Å²) < 4.78 is 5.52. The van der Waals surface area contributed by atoms with Crippen LogP contribution in [0.3, 0.4) is 0 Å². The minimum absolute atomic E-state index is 0.506. The van der Waals surface area contributed by atoms with E-state index in [1.807, 2.05) is 24.3 Å². The van der Waals surface area contributed by atoms with E-state index in [0.717, 1.165) is 12.8 Å². The number of fused-ring (bicyclic) bond motifs is 1. The van der Waals surface area contributed by atoms with Crippen molar-refractivity contribution in [3.63, 3.8) is 0 Å². The van der Waals surface area contributed by atoms with Crippen molar-refractivity contribution in [2.75, 3.05) is 0 Å². The predicted octanol–water partition coefficient (Wildman–Crippen LogP) is 3.11. The number of hydrogen-bond acceptors (Lipinski definition) is 5. The Kier molecular flexibility index (Phi) is 4.69. The second-order valence-corrected chi connectivity index (χ2v) is 8.63. The Morgan fingerprint density at radius 2 is 1.81 bits per heavy atom. The molecule has 1 heterocycles. The molecule has 4 unspecified atom stereocenters. The number of nitriles is 3. The maximum absolute atomic E-state index is 12.7. The molecule has 2 aliphatic rings. The summed E-state index contributed by atoms with van der Waals surface area (Å²) in [7, 11) is 0. The first-order valence-electron chi connectivity index (χ1n) is 8.37. The quantitative estimate of drug-likeness (QED) is 0.537. The molecule has 0 bridgehead atoms. The second-order valence-electron chi connectivity index (χ2n) is 6.81. The van der Waals surface area contributed by atoms with Gasteiger partial charge in [-0.3, -0.25) is 4.79 Å². The lowest BCUT2D eigenvalue weighted by Crippen LogP contribution is -2.66. The Hall–Kier alpha value is -2.15. The molecule has 1 saturated heterocycles. The molecule has 2 N–H and O–H groups in total. The molecule has 3 rings (SSSR count). The van der Waals surface area contributed by atoms with Gasteiger partial charge in [0, 0.05) is 5.92 Å². The molecule has 7 heteroatoms. The molecule has 2 fully saturated rings. The fraction of sp³-hybridized carbons (Fsp3) is 0.474. The monoisotopic (exact) mass is 460 g/mol. The summed E-state index contributed by atoms with van der Waals surface area (Å²) in [6, 6.07) is 14.8. The predicted molar refractivity (Wildman–Crippen MR) is 99.9 cm³/mol. The number of primary amides is 1. The molecule has 0 aromatic heterocycles. The fourth-order valence-corrected chi connectivity index (χ4v) is 5.82. The number of nitrogens with zero attached hydrogens (tertiary/aromatic N) is 3. The number of ether oxygens (including phenoxy) is 1. The molecule has 26 heavy (non-hydrogen) atoms. The number of halogens is 1. The van der Waals surface area contributed by atoms with Crippen LogP contribution in [0.2, 0.25) is 0 Å². The van der Waals surface area contributed by atoms with Gasteiger partial charge < -0.3 is 10.5 Å². The summed E-state index contributed by atoms with van der Waals surface area (Å²) in [5.74, 6) is -1.55. The van der Waals surface area contributed by atoms with Crippen molar-refractivity contribution in [2.24, 2.45) is 22.5 Å². The number of hydrogen-bond donors (Lipinski definition) is 1. The molecule has 132 valence electrons. The number of carbonyl (C=O) groups is 1. The molecule has 0 spiro atoms. The number of carbonyl (C=O) groups excluding carboxylic acids is 1. The molecule has 1 aliphatic carbocycles. The van der Waals surface area contributed by atoms with Crippen molar-refractivity contribution in [3.05, 3.63) is 35.9 Å². The van der Waals surface area contributed by atoms with Crippen LogP contribution >= 0.6 is 22.6 Å². The summed E-state index contributed by atoms with van der Waals surface area (Å²) in [4.78, 5) is 12.7. The molecule has 1 amide bonds. The summed E-state index contributed by atoms with van der Waals surface area (Å²) in [5, 5.41) is 30.2. The highest BCUT2D eigenvalue weighted by Crippen LogP contribution is 2.66. The van der Waals surface area contributed by atoms with Crippen LogP contribution in [0.1, 0.15) is 37.4 Å². The Balaban J connectivity index is 2.34. The first-order chi connectivity index (χ1) is 12.4. The Bertz CT molecular complexity index is 839. The van der Waals surface area contributed by atoms with E-state index in [9.17, 15) is 20.6 Å². The molecular formula is C19H17IN4O2. The van der Waals surface area contributed by atoms with Crippen LogP contribution in [0.4, 0.5) is 0 Å². The van der Waals surface area contributed by atoms with Crippen LogP contribution in [0.5, 0.6) is 0 Å². The molecule has 4 atom stereocenters. The average Bonchev–Trinajstić information content (AvgIpc) is 2.66. The summed E-state index contributed by atoms with van der Waals surface area (Å²) in [6.07, 6.45) is 1.76. The first-order valence-corrected chi connectivity index (χ1v) is 9.45. The number of rotatable bonds is 2. The van der Waals surface area contributed by atoms with Gasteiger partial charge in [-0.1, -0.05) is 36.8 Å². The zero-order valence-corrected chi connectivity index (χ0v) is 16.1. The zero-order chi connectivity index (χ0) is 19.0. The third-order valence-corrected chi connectivity index (χ3v) is 7.20. The van der Waals surface area contributed by atoms with Gasteiger partial charge in [0.2, 0.25) is 11.3 Å². The third-order valence-electron chi connectivity index (χ3n) is 5.65. The van der Waals surface area contributed by atoms with E-state index < -0.39 is 32.4 Å². The van der Waals surface area contributed by atoms with Crippen LogP contribution in [-0.4, -0.2) is 9.51 Å². The van der Waals surface area contributed by atoms with Crippen LogP contribution in [-0.2, 0) is 9.53 Å². The average molecular weight is 460 g/mol. The van der Waals surface area contributed by atoms with Crippen molar-refractivity contribution >= 4 is 28.5 Å². The van der Waals surface area contributed by atoms with Gasteiger partial charge in [-0.05, 0) is 47.4 Å². The number of benzene rings is 1. The lowest BCUT2D eigenvalue weighted by atomic mass is 9.50. The van der Waals surface area contributed by atoms with Gasteiger partial charge in [0.25, 0.3) is 0 Å². The van der Waals surface area contributed by atoms with Crippen molar-refractivity contribution in [3.8, 4) is 18.2 Å². The van der Waals surface area contributed by atoms with Crippen LogP contribution in [0.15, 0.2) is 30.3 Å². The number of alkyl halides is 1. The zero-order valence-electron chi connectivity index (χ0n) is 14.0. The minimum atomic E-state index is -2.02. The van der Waals surface area contributed by atoms with Gasteiger partial charge >= 0.3 is 0 Å². The third kappa shape index (κ3) is 2.26. The van der Waals surface area contributed by atoms with Crippen LogP contribution in [0.25, 0.3) is 0 Å². The number of nitrogens with two attached hydrogens (primary N) is 1. The van der Waals surface area contributed by atoms with Crippen molar-refractivity contribution in [1.29, 1.82) is 15.8 Å². The second kappa shape index (κ2) is 6.54. The van der Waals surface area contributed by atoms with Crippen molar-refractivity contribution in [2.45, 2.75) is 35.4 Å². The molecule has 0 radical (unpaired) electrons. The molecule has 1 saturated carbocycles. The molecule has 6 nitrogen and oxygen atoms in total. The van der Waals surface area contributed by atoms with E-state index in [2.05, 4.69) is 22.6 Å². The van der Waals surface area contributed by atoms with E-state index in [0.29, 0.717) is 18.4 Å². The molecule has 1 aromatic carbocycles. The van der Waals surface area contributed by atoms with Crippen LogP contribution < -0.4 is 5.73 Å². The summed E-state index contributed by atoms with van der Waals surface area (Å²) in [5.41, 5.74) is 2.33. The summed E-state index contributed by atoms with van der Waals surface area (Å²) >= 11 is 2.14. The summed E-state index contributed by atoms with van der Waals surface area (Å²) in [6.45, 7) is 0. The highest BCUT2D eigenvalue weighted by atomic mass is 127. The van der Waals surface area contributed by atoms with Crippen molar-refractivity contribution in [1.82, 2.24) is 0 Å². The van der Waals surface area contributed by atoms with Gasteiger partial charge in [0.15, 0.2) is 5.41 Å². The number of amides is 1. The molecule has 1 aromatic rings. The molecule has 1 aliphatic heterocycles. The largest absolute Gasteiger partial charge is 0.368 e. The fourth-order valence-electron chi connectivity index (χ4n) is 4.40. The Labute approximate surface area is 165 Å². The SMILES string of the molecule is N#CC1(C#N)C(c2ccccc2)OC2(I)CCCCC2C1(C#N)C(N)=O. The van der Waals surface area contributed by atoms with E-state index >= 15 is 0 Å².